The number of halogens is 1. The molecule has 33 heavy (non-hydrogen) atoms. The zero-order valence-corrected chi connectivity index (χ0v) is 21.9. The molecule has 8 heteroatoms. The number of rotatable bonds is 13. The first kappa shape index (κ1) is 26.9. The molecule has 2 aromatic rings. The lowest BCUT2D eigenvalue weighted by molar-refractivity contribution is 0.0976. The minimum absolute atomic E-state index is 0.248. The fraction of sp³-hybridized carbons (Fsp3) is 0.440. The van der Waals surface area contributed by atoms with Crippen molar-refractivity contribution >= 4 is 39.2 Å². The average molecular weight is 538 g/mol. The summed E-state index contributed by atoms with van der Waals surface area (Å²) in [6.45, 7) is 5.97. The summed E-state index contributed by atoms with van der Waals surface area (Å²) in [5.74, 6) is 1.81. The number of methoxy groups -OCH3 is 1. The average Bonchev–Trinajstić information content (AvgIpc) is 2.82. The van der Waals surface area contributed by atoms with Crippen molar-refractivity contribution in [2.24, 2.45) is 0 Å². The van der Waals surface area contributed by atoms with Gasteiger partial charge in [-0.05, 0) is 76.9 Å². The van der Waals surface area contributed by atoms with E-state index < -0.39 is 0 Å². The normalized spacial score (nSPS) is 10.4. The Bertz CT molecular complexity index is 923. The first-order valence-corrected chi connectivity index (χ1v) is 12.5. The molecule has 0 spiro atoms. The molecule has 0 aliphatic carbocycles. The Morgan fingerprint density at radius 3 is 2.39 bits per heavy atom. The fourth-order valence-electron chi connectivity index (χ4n) is 3.03. The Morgan fingerprint density at radius 2 is 1.70 bits per heavy atom. The number of ether oxygens (including phenoxy) is 3. The van der Waals surface area contributed by atoms with Gasteiger partial charge in [-0.25, -0.2) is 0 Å². The highest BCUT2D eigenvalue weighted by atomic mass is 79.9. The van der Waals surface area contributed by atoms with Crippen LogP contribution in [0.2, 0.25) is 0 Å². The van der Waals surface area contributed by atoms with Gasteiger partial charge in [0.1, 0.15) is 5.75 Å². The maximum Gasteiger partial charge on any atom is 0.257 e. The highest BCUT2D eigenvalue weighted by Gasteiger charge is 2.12. The van der Waals surface area contributed by atoms with E-state index in [4.69, 9.17) is 26.4 Å². The predicted molar refractivity (Wildman–Crippen MR) is 139 cm³/mol. The van der Waals surface area contributed by atoms with Gasteiger partial charge in [0.05, 0.1) is 24.8 Å². The Balaban J connectivity index is 1.85. The van der Waals surface area contributed by atoms with Gasteiger partial charge in [0.2, 0.25) is 0 Å². The lowest BCUT2D eigenvalue weighted by Gasteiger charge is -2.13. The molecule has 0 atom stereocenters. The summed E-state index contributed by atoms with van der Waals surface area (Å²) in [4.78, 5) is 12.6. The molecule has 0 heterocycles. The molecule has 0 aliphatic rings. The number of carbonyl (C=O) groups excluding carboxylic acids is 1. The van der Waals surface area contributed by atoms with E-state index in [-0.39, 0.29) is 11.0 Å². The third-order valence-corrected chi connectivity index (χ3v) is 5.69. The molecule has 0 aromatic heterocycles. The van der Waals surface area contributed by atoms with Crippen LogP contribution in [0, 0.1) is 0 Å². The SMILES string of the molecule is CCCCCCOc1ccc(C(=O)NC(=S)NCc2ccc(OCCC)c(OC)c2)cc1Br. The number of benzene rings is 2. The van der Waals surface area contributed by atoms with E-state index in [9.17, 15) is 4.79 Å². The van der Waals surface area contributed by atoms with Gasteiger partial charge < -0.3 is 19.5 Å². The van der Waals surface area contributed by atoms with Crippen LogP contribution < -0.4 is 24.8 Å². The third kappa shape index (κ3) is 9.21. The number of hydrogen-bond donors (Lipinski definition) is 2. The van der Waals surface area contributed by atoms with Crippen molar-refractivity contribution in [3.05, 3.63) is 52.0 Å². The quantitative estimate of drug-likeness (QED) is 0.241. The highest BCUT2D eigenvalue weighted by molar-refractivity contribution is 9.10. The van der Waals surface area contributed by atoms with Crippen LogP contribution in [0.15, 0.2) is 40.9 Å². The zero-order chi connectivity index (χ0) is 24.1. The molecular weight excluding hydrogens is 504 g/mol. The van der Waals surface area contributed by atoms with Crippen molar-refractivity contribution in [1.82, 2.24) is 10.6 Å². The van der Waals surface area contributed by atoms with Gasteiger partial charge in [0, 0.05) is 12.1 Å². The molecule has 6 nitrogen and oxygen atoms in total. The standard InChI is InChI=1S/C25H33BrN2O4S/c1-4-6-7-8-14-32-21-12-10-19(16-20(21)26)24(29)28-25(33)27-17-18-9-11-22(31-13-5-2)23(15-18)30-3/h9-12,15-16H,4-8,13-14,17H2,1-3H3,(H2,27,28,29,33). The number of hydrogen-bond acceptors (Lipinski definition) is 5. The van der Waals surface area contributed by atoms with Crippen LogP contribution in [-0.4, -0.2) is 31.3 Å². The number of carbonyl (C=O) groups is 1. The van der Waals surface area contributed by atoms with Crippen molar-refractivity contribution < 1.29 is 19.0 Å². The second-order valence-electron chi connectivity index (χ2n) is 7.52. The molecule has 0 aliphatic heterocycles. The molecule has 0 radical (unpaired) electrons. The van der Waals surface area contributed by atoms with E-state index in [1.807, 2.05) is 18.2 Å². The predicted octanol–water partition coefficient (Wildman–Crippen LogP) is 6.01. The molecule has 0 bridgehead atoms. The van der Waals surface area contributed by atoms with E-state index in [0.717, 1.165) is 35.0 Å². The number of unbranched alkanes of at least 4 members (excludes halogenated alkanes) is 3. The maximum absolute atomic E-state index is 12.6. The summed E-state index contributed by atoms with van der Waals surface area (Å²) >= 11 is 8.77. The van der Waals surface area contributed by atoms with Crippen LogP contribution in [0.4, 0.5) is 0 Å². The van der Waals surface area contributed by atoms with Crippen LogP contribution in [0.3, 0.4) is 0 Å². The first-order chi connectivity index (χ1) is 16.0. The van der Waals surface area contributed by atoms with Crippen LogP contribution in [0.1, 0.15) is 61.9 Å². The van der Waals surface area contributed by atoms with E-state index in [1.54, 1.807) is 25.3 Å². The fourth-order valence-corrected chi connectivity index (χ4v) is 3.68. The molecule has 2 aromatic carbocycles. The Morgan fingerprint density at radius 1 is 0.939 bits per heavy atom. The van der Waals surface area contributed by atoms with Gasteiger partial charge >= 0.3 is 0 Å². The third-order valence-electron chi connectivity index (χ3n) is 4.82. The highest BCUT2D eigenvalue weighted by Crippen LogP contribution is 2.28. The molecule has 2 rings (SSSR count). The van der Waals surface area contributed by atoms with E-state index in [0.29, 0.717) is 36.8 Å². The summed E-state index contributed by atoms with van der Waals surface area (Å²) in [5.41, 5.74) is 1.44. The summed E-state index contributed by atoms with van der Waals surface area (Å²) in [7, 11) is 1.61. The van der Waals surface area contributed by atoms with Gasteiger partial charge in [0.15, 0.2) is 16.6 Å². The number of thiocarbonyl (C=S) groups is 1. The van der Waals surface area contributed by atoms with Gasteiger partial charge in [-0.3, -0.25) is 10.1 Å². The van der Waals surface area contributed by atoms with Crippen LogP contribution in [-0.2, 0) is 6.54 Å². The monoisotopic (exact) mass is 536 g/mol. The smallest absolute Gasteiger partial charge is 0.257 e. The largest absolute Gasteiger partial charge is 0.493 e. The first-order valence-electron chi connectivity index (χ1n) is 11.3. The topological polar surface area (TPSA) is 68.8 Å². The second kappa shape index (κ2) is 14.8. The van der Waals surface area contributed by atoms with E-state index in [2.05, 4.69) is 40.4 Å². The summed E-state index contributed by atoms with van der Waals surface area (Å²) in [6.07, 6.45) is 5.50. The van der Waals surface area contributed by atoms with Gasteiger partial charge in [-0.1, -0.05) is 39.2 Å². The van der Waals surface area contributed by atoms with Gasteiger partial charge in [0.25, 0.3) is 5.91 Å². The van der Waals surface area contributed by atoms with Crippen molar-refractivity contribution in [2.75, 3.05) is 20.3 Å². The van der Waals surface area contributed by atoms with Crippen LogP contribution >= 0.6 is 28.1 Å². The van der Waals surface area contributed by atoms with Crippen molar-refractivity contribution in [3.8, 4) is 17.2 Å². The van der Waals surface area contributed by atoms with Gasteiger partial charge in [-0.15, -0.1) is 0 Å². The van der Waals surface area contributed by atoms with Crippen LogP contribution in [0.25, 0.3) is 0 Å². The minimum atomic E-state index is -0.288. The Hall–Kier alpha value is -2.32. The summed E-state index contributed by atoms with van der Waals surface area (Å²) < 4.78 is 17.6. The Kier molecular flexibility index (Phi) is 12.0. The van der Waals surface area contributed by atoms with E-state index in [1.165, 1.54) is 12.8 Å². The van der Waals surface area contributed by atoms with E-state index >= 15 is 0 Å². The molecule has 180 valence electrons. The number of amides is 1. The molecule has 0 fully saturated rings. The lowest BCUT2D eigenvalue weighted by atomic mass is 10.2. The van der Waals surface area contributed by atoms with Crippen molar-refractivity contribution in [3.63, 3.8) is 0 Å². The molecule has 0 unspecified atom stereocenters. The molecule has 1 amide bonds. The minimum Gasteiger partial charge on any atom is -0.493 e. The number of nitrogens with one attached hydrogen (secondary N) is 2. The molecule has 0 saturated heterocycles. The lowest BCUT2D eigenvalue weighted by Crippen LogP contribution is -2.38. The zero-order valence-electron chi connectivity index (χ0n) is 19.5. The van der Waals surface area contributed by atoms with Crippen molar-refractivity contribution in [1.29, 1.82) is 0 Å². The molecule has 0 saturated carbocycles. The Labute approximate surface area is 210 Å². The van der Waals surface area contributed by atoms with Gasteiger partial charge in [-0.2, -0.15) is 0 Å². The summed E-state index contributed by atoms with van der Waals surface area (Å²) in [5, 5.41) is 6.01. The maximum atomic E-state index is 12.6. The summed E-state index contributed by atoms with van der Waals surface area (Å²) in [6, 6.07) is 11.0. The molecular formula is C25H33BrN2O4S. The van der Waals surface area contributed by atoms with Crippen LogP contribution in [0.5, 0.6) is 17.2 Å². The second-order valence-corrected chi connectivity index (χ2v) is 8.79. The van der Waals surface area contributed by atoms with Crippen molar-refractivity contribution in [2.45, 2.75) is 52.5 Å². The molecule has 2 N–H and O–H groups in total.